The lowest BCUT2D eigenvalue weighted by atomic mass is 9.74. The van der Waals surface area contributed by atoms with Gasteiger partial charge in [0.25, 0.3) is 0 Å². The lowest BCUT2D eigenvalue weighted by Crippen LogP contribution is -2.59. The summed E-state index contributed by atoms with van der Waals surface area (Å²) in [5, 5.41) is 25.1. The maximum absolute atomic E-state index is 15.1. The SMILES string of the molecule is CC(=O)O[C@@H]1[C@@H](O)[C@H](O[C@H]2C[C@H](CN=[N+]=[N-])[C@H](C)[C@H](F)[C@H]2N=[N+]=[N-])[C@@H](N=[N+]=[N-])C[C@H]1N=[N+]=[N-]. The van der Waals surface area contributed by atoms with E-state index in [2.05, 4.69) is 40.1 Å². The number of halogens is 1. The van der Waals surface area contributed by atoms with E-state index in [0.717, 1.165) is 6.92 Å². The van der Waals surface area contributed by atoms with E-state index in [1.165, 1.54) is 0 Å². The molecule has 17 heteroatoms. The number of azide groups is 4. The maximum atomic E-state index is 15.1. The monoisotopic (exact) mass is 466 g/mol. The smallest absolute Gasteiger partial charge is 0.303 e. The number of aliphatic hydroxyl groups excluding tert-OH is 1. The van der Waals surface area contributed by atoms with Crippen molar-refractivity contribution in [2.45, 2.75) is 75.4 Å². The number of aliphatic hydroxyl groups is 1. The summed E-state index contributed by atoms with van der Waals surface area (Å²) in [7, 11) is 0. The zero-order chi connectivity index (χ0) is 24.5. The maximum Gasteiger partial charge on any atom is 0.303 e. The molecule has 0 aromatic heterocycles. The first-order valence-electron chi connectivity index (χ1n) is 10.1. The van der Waals surface area contributed by atoms with Crippen molar-refractivity contribution in [2.75, 3.05) is 6.54 Å². The molecular formula is C16H23FN12O4. The molecule has 0 aromatic carbocycles. The fourth-order valence-electron chi connectivity index (χ4n) is 4.37. The Bertz CT molecular complexity index is 909. The normalized spacial score (nSPS) is 37.8. The molecule has 16 nitrogen and oxygen atoms in total. The second-order valence-corrected chi connectivity index (χ2v) is 7.89. The minimum absolute atomic E-state index is 0.0248. The van der Waals surface area contributed by atoms with E-state index in [-0.39, 0.29) is 19.4 Å². The van der Waals surface area contributed by atoms with Crippen molar-refractivity contribution >= 4 is 5.97 Å². The second-order valence-electron chi connectivity index (χ2n) is 7.89. The van der Waals surface area contributed by atoms with Crippen molar-refractivity contribution in [1.82, 2.24) is 0 Å². The summed E-state index contributed by atoms with van der Waals surface area (Å²) in [6.07, 6.45) is -6.92. The van der Waals surface area contributed by atoms with E-state index in [0.29, 0.717) is 0 Å². The Kier molecular flexibility index (Phi) is 9.37. The van der Waals surface area contributed by atoms with Crippen LogP contribution in [0.4, 0.5) is 4.39 Å². The van der Waals surface area contributed by atoms with Crippen LogP contribution >= 0.6 is 0 Å². The topological polar surface area (TPSA) is 251 Å². The Morgan fingerprint density at radius 3 is 2.18 bits per heavy atom. The van der Waals surface area contributed by atoms with E-state index in [1.807, 2.05) is 0 Å². The summed E-state index contributed by atoms with van der Waals surface area (Å²) in [5.74, 6) is -1.82. The fourth-order valence-corrected chi connectivity index (χ4v) is 4.37. The summed E-state index contributed by atoms with van der Waals surface area (Å²) >= 11 is 0. The van der Waals surface area contributed by atoms with Gasteiger partial charge in [-0.25, -0.2) is 4.39 Å². The Morgan fingerprint density at radius 2 is 1.64 bits per heavy atom. The molecule has 0 heterocycles. The molecule has 10 atom stereocenters. The highest BCUT2D eigenvalue weighted by molar-refractivity contribution is 5.66. The standard InChI is InChI=1S/C16H23FN12O4/c1-6-8(5-22-26-18)3-11(13(12(6)17)25-29-21)33-16-10(24-28-20)4-9(23-27-19)15(14(16)31)32-7(2)30/h6,8-16,31H,3-5H2,1-2H3/t6-,8+,9+,10-,11-,12-,13-,14+,15-,16+/m0/s1. The van der Waals surface area contributed by atoms with E-state index in [9.17, 15) is 9.90 Å². The molecule has 0 amide bonds. The third kappa shape index (κ3) is 6.08. The van der Waals surface area contributed by atoms with Crippen LogP contribution in [-0.2, 0) is 14.3 Å². The summed E-state index contributed by atoms with van der Waals surface area (Å²) in [5.41, 5.74) is 35.3. The van der Waals surface area contributed by atoms with Crippen LogP contribution in [0, 0.1) is 11.8 Å². The first kappa shape index (κ1) is 25.8. The van der Waals surface area contributed by atoms with Crippen molar-refractivity contribution in [3.63, 3.8) is 0 Å². The van der Waals surface area contributed by atoms with Crippen molar-refractivity contribution < 1.29 is 23.8 Å². The number of nitrogens with zero attached hydrogens (tertiary/aromatic N) is 12. The number of hydrogen-bond donors (Lipinski definition) is 1. The molecule has 0 bridgehead atoms. The van der Waals surface area contributed by atoms with Crippen LogP contribution in [0.5, 0.6) is 0 Å². The number of rotatable bonds is 8. The minimum Gasteiger partial charge on any atom is -0.459 e. The molecule has 2 aliphatic carbocycles. The predicted molar refractivity (Wildman–Crippen MR) is 110 cm³/mol. The van der Waals surface area contributed by atoms with Crippen molar-refractivity contribution in [3.8, 4) is 0 Å². The van der Waals surface area contributed by atoms with Gasteiger partial charge in [-0.2, -0.15) is 0 Å². The Labute approximate surface area is 186 Å². The van der Waals surface area contributed by atoms with Gasteiger partial charge < -0.3 is 14.6 Å². The van der Waals surface area contributed by atoms with Crippen LogP contribution in [0.15, 0.2) is 20.5 Å². The number of hydrogen-bond acceptors (Lipinski definition) is 8. The van der Waals surface area contributed by atoms with Gasteiger partial charge in [0.15, 0.2) is 0 Å². The molecule has 0 aromatic rings. The summed E-state index contributed by atoms with van der Waals surface area (Å²) in [6.45, 7) is 2.67. The molecule has 0 radical (unpaired) electrons. The van der Waals surface area contributed by atoms with E-state index in [4.69, 9.17) is 31.6 Å². The van der Waals surface area contributed by atoms with Crippen LogP contribution in [0.25, 0.3) is 41.8 Å². The molecule has 2 aliphatic rings. The molecule has 2 fully saturated rings. The first-order valence-corrected chi connectivity index (χ1v) is 10.1. The van der Waals surface area contributed by atoms with Gasteiger partial charge in [0.2, 0.25) is 0 Å². The van der Waals surface area contributed by atoms with Gasteiger partial charge in [0.1, 0.15) is 18.4 Å². The predicted octanol–water partition coefficient (Wildman–Crippen LogP) is 3.78. The molecule has 2 saturated carbocycles. The summed E-state index contributed by atoms with van der Waals surface area (Å²) in [6, 6.07) is -3.38. The molecule has 178 valence electrons. The largest absolute Gasteiger partial charge is 0.459 e. The zero-order valence-corrected chi connectivity index (χ0v) is 17.8. The number of alkyl halides is 1. The van der Waals surface area contributed by atoms with E-state index >= 15 is 4.39 Å². The molecule has 33 heavy (non-hydrogen) atoms. The van der Waals surface area contributed by atoms with Crippen molar-refractivity contribution in [2.24, 2.45) is 32.3 Å². The average molecular weight is 466 g/mol. The summed E-state index contributed by atoms with van der Waals surface area (Å²) in [4.78, 5) is 22.3. The van der Waals surface area contributed by atoms with Gasteiger partial charge in [-0.05, 0) is 46.8 Å². The average Bonchev–Trinajstić information content (AvgIpc) is 2.77. The van der Waals surface area contributed by atoms with Crippen molar-refractivity contribution in [1.29, 1.82) is 0 Å². The summed E-state index contributed by atoms with van der Waals surface area (Å²) < 4.78 is 26.2. The number of ether oxygens (including phenoxy) is 2. The van der Waals surface area contributed by atoms with Crippen LogP contribution in [0.3, 0.4) is 0 Å². The molecule has 0 spiro atoms. The Balaban J connectivity index is 2.41. The zero-order valence-electron chi connectivity index (χ0n) is 17.8. The number of carbonyl (C=O) groups is 1. The number of carbonyl (C=O) groups excluding carboxylic acids is 1. The van der Waals surface area contributed by atoms with Gasteiger partial charge in [0, 0.05) is 33.1 Å². The quantitative estimate of drug-likeness (QED) is 0.242. The molecule has 0 saturated heterocycles. The second kappa shape index (κ2) is 12.0. The van der Waals surface area contributed by atoms with Crippen LogP contribution in [-0.4, -0.2) is 66.3 Å². The molecule has 1 N–H and O–H groups in total. The fraction of sp³-hybridized carbons (Fsp3) is 0.938. The molecule has 0 unspecified atom stereocenters. The molecular weight excluding hydrogens is 443 g/mol. The van der Waals surface area contributed by atoms with Crippen LogP contribution in [0.1, 0.15) is 26.7 Å². The minimum atomic E-state index is -1.64. The third-order valence-corrected chi connectivity index (χ3v) is 6.00. The lowest BCUT2D eigenvalue weighted by molar-refractivity contribution is -0.186. The molecule has 2 rings (SSSR count). The van der Waals surface area contributed by atoms with Gasteiger partial charge in [-0.1, -0.05) is 27.4 Å². The van der Waals surface area contributed by atoms with Gasteiger partial charge in [0.05, 0.1) is 30.3 Å². The highest BCUT2D eigenvalue weighted by atomic mass is 19.1. The first-order chi connectivity index (χ1) is 15.8. The third-order valence-electron chi connectivity index (χ3n) is 6.00. The highest BCUT2D eigenvalue weighted by Gasteiger charge is 2.50. The van der Waals surface area contributed by atoms with E-state index < -0.39 is 66.5 Å². The van der Waals surface area contributed by atoms with Gasteiger partial charge >= 0.3 is 5.97 Å². The van der Waals surface area contributed by atoms with Crippen LogP contribution in [0.2, 0.25) is 0 Å². The van der Waals surface area contributed by atoms with Crippen LogP contribution < -0.4 is 0 Å². The highest BCUT2D eigenvalue weighted by Crippen LogP contribution is 2.39. The van der Waals surface area contributed by atoms with Gasteiger partial charge in [-0.3, -0.25) is 4.79 Å². The number of esters is 1. The Hall–Kier alpha value is -3.44. The molecule has 0 aliphatic heterocycles. The lowest BCUT2D eigenvalue weighted by Gasteiger charge is -2.46. The Morgan fingerprint density at radius 1 is 1.03 bits per heavy atom. The van der Waals surface area contributed by atoms with Gasteiger partial charge in [-0.15, -0.1) is 0 Å². The van der Waals surface area contributed by atoms with Crippen molar-refractivity contribution in [3.05, 3.63) is 41.8 Å². The van der Waals surface area contributed by atoms with E-state index in [1.54, 1.807) is 6.92 Å².